The van der Waals surface area contributed by atoms with Gasteiger partial charge in [0.2, 0.25) is 0 Å². The number of aliphatic hydroxyl groups excluding tert-OH is 1. The third kappa shape index (κ3) is 2.97. The van der Waals surface area contributed by atoms with E-state index < -0.39 is 0 Å². The number of aryl methyl sites for hydroxylation is 2. The van der Waals surface area contributed by atoms with Crippen molar-refractivity contribution in [2.75, 3.05) is 20.7 Å². The van der Waals surface area contributed by atoms with Crippen molar-refractivity contribution in [3.63, 3.8) is 0 Å². The smallest absolute Gasteiger partial charge is 0.0456 e. The van der Waals surface area contributed by atoms with Crippen LogP contribution in [0.1, 0.15) is 29.2 Å². The van der Waals surface area contributed by atoms with E-state index in [1.807, 2.05) is 20.2 Å². The highest BCUT2D eigenvalue weighted by Gasteiger charge is 2.17. The van der Waals surface area contributed by atoms with Crippen molar-refractivity contribution < 1.29 is 5.11 Å². The van der Waals surface area contributed by atoms with Crippen molar-refractivity contribution in [2.45, 2.75) is 26.3 Å². The second-order valence-corrected chi connectivity index (χ2v) is 4.86. The number of nitrogens with zero attached hydrogens (tertiary/aromatic N) is 1. The van der Waals surface area contributed by atoms with E-state index in [-0.39, 0.29) is 12.6 Å². The van der Waals surface area contributed by atoms with Gasteiger partial charge in [0, 0.05) is 17.7 Å². The maximum Gasteiger partial charge on any atom is 0.0456 e. The van der Waals surface area contributed by atoms with Crippen molar-refractivity contribution in [3.8, 4) is 0 Å². The Morgan fingerprint density at radius 2 is 1.81 bits per heavy atom. The maximum atomic E-state index is 9.09. The summed E-state index contributed by atoms with van der Waals surface area (Å²) < 4.78 is 0. The van der Waals surface area contributed by atoms with Crippen LogP contribution >= 0.6 is 11.6 Å². The predicted octanol–water partition coefficient (Wildman–Crippen LogP) is 2.94. The highest BCUT2D eigenvalue weighted by atomic mass is 35.5. The lowest BCUT2D eigenvalue weighted by molar-refractivity contribution is 0.211. The van der Waals surface area contributed by atoms with Gasteiger partial charge >= 0.3 is 0 Å². The molecule has 0 spiro atoms. The second kappa shape index (κ2) is 5.67. The molecule has 0 heterocycles. The Hall–Kier alpha value is -0.570. The maximum absolute atomic E-state index is 9.09. The molecule has 0 bridgehead atoms. The molecule has 0 fully saturated rings. The van der Waals surface area contributed by atoms with Gasteiger partial charge in [0.25, 0.3) is 0 Å². The first-order valence-electron chi connectivity index (χ1n) is 5.51. The van der Waals surface area contributed by atoms with E-state index >= 15 is 0 Å². The van der Waals surface area contributed by atoms with Gasteiger partial charge in [0.05, 0.1) is 0 Å². The molecule has 2 nitrogen and oxygen atoms in total. The van der Waals surface area contributed by atoms with Gasteiger partial charge in [-0.2, -0.15) is 0 Å². The zero-order valence-electron chi connectivity index (χ0n) is 10.4. The van der Waals surface area contributed by atoms with Crippen molar-refractivity contribution in [1.82, 2.24) is 4.90 Å². The first kappa shape index (κ1) is 13.5. The van der Waals surface area contributed by atoms with Crippen LogP contribution in [0.4, 0.5) is 0 Å². The topological polar surface area (TPSA) is 23.5 Å². The van der Waals surface area contributed by atoms with Crippen LogP contribution in [0.5, 0.6) is 0 Å². The molecule has 3 heteroatoms. The summed E-state index contributed by atoms with van der Waals surface area (Å²) in [6.07, 6.45) is 0.704. The SMILES string of the molecule is Cc1cc(Cl)c(C(CCO)N(C)C)cc1C. The third-order valence-corrected chi connectivity index (χ3v) is 3.33. The van der Waals surface area contributed by atoms with Gasteiger partial charge in [-0.15, -0.1) is 0 Å². The largest absolute Gasteiger partial charge is 0.396 e. The standard InChI is InChI=1S/C13H20ClNO/c1-9-7-11(12(14)8-10(9)2)13(5-6-16)15(3)4/h7-8,13,16H,5-6H2,1-4H3. The molecule has 16 heavy (non-hydrogen) atoms. The number of halogens is 1. The molecule has 0 saturated carbocycles. The van der Waals surface area contributed by atoms with Crippen LogP contribution in [0.2, 0.25) is 5.02 Å². The van der Waals surface area contributed by atoms with Gasteiger partial charge in [-0.3, -0.25) is 0 Å². The van der Waals surface area contributed by atoms with Gasteiger partial charge < -0.3 is 10.0 Å². The summed E-state index contributed by atoms with van der Waals surface area (Å²) in [5.74, 6) is 0. The van der Waals surface area contributed by atoms with Crippen LogP contribution < -0.4 is 0 Å². The summed E-state index contributed by atoms with van der Waals surface area (Å²) in [6, 6.07) is 4.30. The zero-order valence-corrected chi connectivity index (χ0v) is 11.2. The van der Waals surface area contributed by atoms with Crippen molar-refractivity contribution in [1.29, 1.82) is 0 Å². The molecule has 0 aliphatic carbocycles. The third-order valence-electron chi connectivity index (χ3n) is 3.00. The second-order valence-electron chi connectivity index (χ2n) is 4.45. The summed E-state index contributed by atoms with van der Waals surface area (Å²) >= 11 is 6.27. The molecule has 0 saturated heterocycles. The Morgan fingerprint density at radius 3 is 2.31 bits per heavy atom. The Labute approximate surface area is 103 Å². The molecular weight excluding hydrogens is 222 g/mol. The number of rotatable bonds is 4. The van der Waals surface area contributed by atoms with E-state index in [1.165, 1.54) is 11.1 Å². The molecule has 1 atom stereocenters. The van der Waals surface area contributed by atoms with Crippen molar-refractivity contribution in [2.24, 2.45) is 0 Å². The lowest BCUT2D eigenvalue weighted by atomic mass is 9.98. The number of benzene rings is 1. The summed E-state index contributed by atoms with van der Waals surface area (Å²) in [6.45, 7) is 4.31. The Morgan fingerprint density at radius 1 is 1.25 bits per heavy atom. The lowest BCUT2D eigenvalue weighted by Gasteiger charge is -2.25. The van der Waals surface area contributed by atoms with Crippen molar-refractivity contribution in [3.05, 3.63) is 33.8 Å². The van der Waals surface area contributed by atoms with Crippen molar-refractivity contribution >= 4 is 11.6 Å². The summed E-state index contributed by atoms with van der Waals surface area (Å²) in [4.78, 5) is 2.09. The minimum atomic E-state index is 0.173. The zero-order chi connectivity index (χ0) is 12.3. The van der Waals surface area contributed by atoms with Gasteiger partial charge in [0.1, 0.15) is 0 Å². The van der Waals surface area contributed by atoms with Crippen LogP contribution in [0.25, 0.3) is 0 Å². The molecule has 0 aromatic heterocycles. The molecular formula is C13H20ClNO. The molecule has 1 N–H and O–H groups in total. The van der Waals surface area contributed by atoms with Crippen LogP contribution in [-0.2, 0) is 0 Å². The monoisotopic (exact) mass is 241 g/mol. The van der Waals surface area contributed by atoms with Gasteiger partial charge in [-0.1, -0.05) is 17.7 Å². The molecule has 0 aliphatic heterocycles. The minimum Gasteiger partial charge on any atom is -0.396 e. The highest BCUT2D eigenvalue weighted by molar-refractivity contribution is 6.31. The molecule has 0 radical (unpaired) electrons. The highest BCUT2D eigenvalue weighted by Crippen LogP contribution is 2.30. The molecule has 90 valence electrons. The molecule has 0 aliphatic rings. The lowest BCUT2D eigenvalue weighted by Crippen LogP contribution is -2.21. The van der Waals surface area contributed by atoms with E-state index in [1.54, 1.807) is 0 Å². The first-order valence-corrected chi connectivity index (χ1v) is 5.89. The number of aliphatic hydroxyl groups is 1. The van der Waals surface area contributed by atoms with E-state index in [4.69, 9.17) is 16.7 Å². The Bertz CT molecular complexity index is 363. The fraction of sp³-hybridized carbons (Fsp3) is 0.538. The average Bonchev–Trinajstić information content (AvgIpc) is 2.20. The molecule has 1 unspecified atom stereocenters. The number of hydrogen-bond acceptors (Lipinski definition) is 2. The summed E-state index contributed by atoms with van der Waals surface area (Å²) in [5, 5.41) is 9.88. The van der Waals surface area contributed by atoms with Gasteiger partial charge in [0.15, 0.2) is 0 Å². The Balaban J connectivity index is 3.13. The van der Waals surface area contributed by atoms with Crippen LogP contribution in [0.3, 0.4) is 0 Å². The molecule has 1 aromatic carbocycles. The summed E-state index contributed by atoms with van der Waals surface area (Å²) in [7, 11) is 4.01. The number of hydrogen-bond donors (Lipinski definition) is 1. The Kier molecular flexibility index (Phi) is 4.78. The predicted molar refractivity (Wildman–Crippen MR) is 69.1 cm³/mol. The molecule has 1 rings (SSSR count). The molecule has 1 aromatic rings. The fourth-order valence-electron chi connectivity index (χ4n) is 1.87. The van der Waals surface area contributed by atoms with E-state index in [0.29, 0.717) is 6.42 Å². The van der Waals surface area contributed by atoms with E-state index in [2.05, 4.69) is 24.8 Å². The fourth-order valence-corrected chi connectivity index (χ4v) is 2.22. The van der Waals surface area contributed by atoms with Gasteiger partial charge in [-0.25, -0.2) is 0 Å². The normalized spacial score (nSPS) is 13.2. The van der Waals surface area contributed by atoms with Crippen LogP contribution in [0.15, 0.2) is 12.1 Å². The van der Waals surface area contributed by atoms with Crippen LogP contribution in [0, 0.1) is 13.8 Å². The minimum absolute atomic E-state index is 0.173. The quantitative estimate of drug-likeness (QED) is 0.876. The van der Waals surface area contributed by atoms with E-state index in [9.17, 15) is 0 Å². The summed E-state index contributed by atoms with van der Waals surface area (Å²) in [5.41, 5.74) is 3.54. The van der Waals surface area contributed by atoms with Crippen LogP contribution in [-0.4, -0.2) is 30.7 Å². The molecule has 0 amide bonds. The average molecular weight is 242 g/mol. The van der Waals surface area contributed by atoms with E-state index in [0.717, 1.165) is 10.6 Å². The van der Waals surface area contributed by atoms with Gasteiger partial charge in [-0.05, 0) is 57.1 Å². The first-order chi connectivity index (χ1) is 7.47.